The SMILES string of the molecule is CN(CCCCCCOC1CCN(S(=O)(=O)Nc2ccc(F)cc2)CC1)C1CC1. The van der Waals surface area contributed by atoms with Gasteiger partial charge in [-0.25, -0.2) is 4.39 Å². The minimum Gasteiger partial charge on any atom is -0.378 e. The number of halogens is 1. The molecule has 164 valence electrons. The van der Waals surface area contributed by atoms with Gasteiger partial charge in [-0.3, -0.25) is 4.72 Å². The molecule has 2 fully saturated rings. The molecule has 1 aliphatic heterocycles. The molecule has 1 aliphatic carbocycles. The van der Waals surface area contributed by atoms with Crippen LogP contribution in [0.25, 0.3) is 0 Å². The lowest BCUT2D eigenvalue weighted by Crippen LogP contribution is -2.43. The molecule has 1 saturated carbocycles. The topological polar surface area (TPSA) is 61.9 Å². The maximum Gasteiger partial charge on any atom is 0.301 e. The lowest BCUT2D eigenvalue weighted by atomic mass is 10.1. The lowest BCUT2D eigenvalue weighted by molar-refractivity contribution is 0.0193. The van der Waals surface area contributed by atoms with Gasteiger partial charge in [-0.15, -0.1) is 0 Å². The van der Waals surface area contributed by atoms with Crippen molar-refractivity contribution >= 4 is 15.9 Å². The number of benzene rings is 1. The first-order valence-electron chi connectivity index (χ1n) is 10.8. The number of piperidine rings is 1. The van der Waals surface area contributed by atoms with Crippen LogP contribution < -0.4 is 4.72 Å². The largest absolute Gasteiger partial charge is 0.378 e. The second-order valence-corrected chi connectivity index (χ2v) is 9.88. The van der Waals surface area contributed by atoms with Gasteiger partial charge in [0.05, 0.1) is 6.10 Å². The van der Waals surface area contributed by atoms with Crippen LogP contribution in [0.4, 0.5) is 10.1 Å². The van der Waals surface area contributed by atoms with E-state index in [9.17, 15) is 12.8 Å². The molecule has 1 heterocycles. The number of anilines is 1. The number of hydrogen-bond acceptors (Lipinski definition) is 4. The van der Waals surface area contributed by atoms with E-state index in [4.69, 9.17) is 4.74 Å². The molecule has 1 aromatic rings. The van der Waals surface area contributed by atoms with Crippen LogP contribution in [0.3, 0.4) is 0 Å². The molecule has 0 atom stereocenters. The Morgan fingerprint density at radius 2 is 1.72 bits per heavy atom. The Bertz CT molecular complexity index is 717. The third kappa shape index (κ3) is 7.51. The van der Waals surface area contributed by atoms with E-state index >= 15 is 0 Å². The van der Waals surface area contributed by atoms with Gasteiger partial charge in [-0.05, 0) is 76.4 Å². The van der Waals surface area contributed by atoms with Crippen molar-refractivity contribution in [1.82, 2.24) is 9.21 Å². The summed E-state index contributed by atoms with van der Waals surface area (Å²) in [7, 11) is -1.39. The molecule has 1 N–H and O–H groups in total. The van der Waals surface area contributed by atoms with Crippen LogP contribution in [-0.2, 0) is 14.9 Å². The molecule has 6 nitrogen and oxygen atoms in total. The van der Waals surface area contributed by atoms with Gasteiger partial charge in [0.15, 0.2) is 0 Å². The molecule has 0 radical (unpaired) electrons. The molecule has 0 unspecified atom stereocenters. The molecule has 0 aromatic heterocycles. The highest BCUT2D eigenvalue weighted by Crippen LogP contribution is 2.25. The van der Waals surface area contributed by atoms with E-state index in [-0.39, 0.29) is 6.10 Å². The van der Waals surface area contributed by atoms with E-state index in [0.29, 0.717) is 31.6 Å². The minimum absolute atomic E-state index is 0.133. The summed E-state index contributed by atoms with van der Waals surface area (Å²) in [5.41, 5.74) is 0.369. The fourth-order valence-corrected chi connectivity index (χ4v) is 4.99. The van der Waals surface area contributed by atoms with E-state index in [0.717, 1.165) is 19.1 Å². The molecule has 0 bridgehead atoms. The third-order valence-electron chi connectivity index (χ3n) is 5.76. The average Bonchev–Trinajstić information content (AvgIpc) is 3.54. The minimum atomic E-state index is -3.62. The zero-order chi connectivity index (χ0) is 20.7. The van der Waals surface area contributed by atoms with Gasteiger partial charge in [0.1, 0.15) is 5.82 Å². The van der Waals surface area contributed by atoms with Crippen LogP contribution in [0.5, 0.6) is 0 Å². The first kappa shape index (κ1) is 22.5. The normalized spacial score (nSPS) is 19.0. The summed E-state index contributed by atoms with van der Waals surface area (Å²) in [6, 6.07) is 6.17. The number of hydrogen-bond donors (Lipinski definition) is 1. The van der Waals surface area contributed by atoms with Crippen LogP contribution in [0.1, 0.15) is 51.4 Å². The zero-order valence-electron chi connectivity index (χ0n) is 17.4. The number of nitrogens with zero attached hydrogens (tertiary/aromatic N) is 2. The van der Waals surface area contributed by atoms with Gasteiger partial charge >= 0.3 is 10.2 Å². The fourth-order valence-electron chi connectivity index (χ4n) is 3.74. The zero-order valence-corrected chi connectivity index (χ0v) is 18.2. The molecular formula is C21H34FN3O3S. The molecule has 3 rings (SSSR count). The highest BCUT2D eigenvalue weighted by Gasteiger charge is 2.28. The highest BCUT2D eigenvalue weighted by atomic mass is 32.2. The predicted molar refractivity (Wildman–Crippen MR) is 114 cm³/mol. The molecule has 1 aromatic carbocycles. The summed E-state index contributed by atoms with van der Waals surface area (Å²) in [5, 5.41) is 0. The summed E-state index contributed by atoms with van der Waals surface area (Å²) in [5.74, 6) is -0.392. The highest BCUT2D eigenvalue weighted by molar-refractivity contribution is 7.90. The number of unbranched alkanes of at least 4 members (excludes halogenated alkanes) is 3. The smallest absolute Gasteiger partial charge is 0.301 e. The standard InChI is InChI=1S/C21H34FN3O3S/c1-24(20-10-11-20)14-4-2-3-5-17-28-21-12-15-25(16-13-21)29(26,27)23-19-8-6-18(22)7-9-19/h6-9,20-21,23H,2-5,10-17H2,1H3. The molecule has 8 heteroatoms. The van der Waals surface area contributed by atoms with Crippen LogP contribution >= 0.6 is 0 Å². The van der Waals surface area contributed by atoms with E-state index < -0.39 is 16.0 Å². The maximum atomic E-state index is 13.0. The van der Waals surface area contributed by atoms with E-state index in [2.05, 4.69) is 16.7 Å². The van der Waals surface area contributed by atoms with Crippen LogP contribution in [0.2, 0.25) is 0 Å². The van der Waals surface area contributed by atoms with E-state index in [1.165, 1.54) is 67.2 Å². The van der Waals surface area contributed by atoms with Crippen molar-refractivity contribution in [2.45, 2.75) is 63.5 Å². The summed E-state index contributed by atoms with van der Waals surface area (Å²) >= 11 is 0. The Hall–Kier alpha value is -1.22. The van der Waals surface area contributed by atoms with Crippen molar-refractivity contribution in [3.05, 3.63) is 30.1 Å². The lowest BCUT2D eigenvalue weighted by Gasteiger charge is -2.31. The molecule has 29 heavy (non-hydrogen) atoms. The number of ether oxygens (including phenoxy) is 1. The maximum absolute atomic E-state index is 13.0. The first-order valence-corrected chi connectivity index (χ1v) is 12.2. The van der Waals surface area contributed by atoms with Crippen LogP contribution in [-0.4, -0.2) is 63.1 Å². The average molecular weight is 428 g/mol. The van der Waals surface area contributed by atoms with Gasteiger partial charge in [0.2, 0.25) is 0 Å². The fraction of sp³-hybridized carbons (Fsp3) is 0.714. The second kappa shape index (κ2) is 10.7. The quantitative estimate of drug-likeness (QED) is 0.518. The van der Waals surface area contributed by atoms with Gasteiger partial charge in [0, 0.05) is 31.4 Å². The van der Waals surface area contributed by atoms with Crippen molar-refractivity contribution in [1.29, 1.82) is 0 Å². The Labute approximate surface area is 174 Å². The predicted octanol–water partition coefficient (Wildman–Crippen LogP) is 3.62. The van der Waals surface area contributed by atoms with E-state index in [1.807, 2.05) is 0 Å². The molecular weight excluding hydrogens is 393 g/mol. The van der Waals surface area contributed by atoms with Gasteiger partial charge in [-0.1, -0.05) is 12.8 Å². The van der Waals surface area contributed by atoms with Gasteiger partial charge < -0.3 is 9.64 Å². The number of nitrogens with one attached hydrogen (secondary N) is 1. The number of rotatable bonds is 12. The molecule has 0 amide bonds. The Morgan fingerprint density at radius 3 is 2.38 bits per heavy atom. The Morgan fingerprint density at radius 1 is 1.07 bits per heavy atom. The Kier molecular flexibility index (Phi) is 8.29. The second-order valence-electron chi connectivity index (χ2n) is 8.21. The van der Waals surface area contributed by atoms with Crippen molar-refractivity contribution in [3.63, 3.8) is 0 Å². The van der Waals surface area contributed by atoms with Crippen molar-refractivity contribution < 1.29 is 17.5 Å². The summed E-state index contributed by atoms with van der Waals surface area (Å²) in [4.78, 5) is 2.48. The molecule has 1 saturated heterocycles. The monoisotopic (exact) mass is 427 g/mol. The molecule has 2 aliphatic rings. The summed E-state index contributed by atoms with van der Waals surface area (Å²) in [6.07, 6.45) is 9.03. The molecule has 0 spiro atoms. The van der Waals surface area contributed by atoms with Crippen molar-refractivity contribution in [2.24, 2.45) is 0 Å². The van der Waals surface area contributed by atoms with Crippen molar-refractivity contribution in [2.75, 3.05) is 38.0 Å². The Balaban J connectivity index is 1.26. The van der Waals surface area contributed by atoms with Crippen LogP contribution in [0, 0.1) is 5.82 Å². The van der Waals surface area contributed by atoms with Gasteiger partial charge in [-0.2, -0.15) is 12.7 Å². The van der Waals surface area contributed by atoms with Crippen LogP contribution in [0.15, 0.2) is 24.3 Å². The first-order chi connectivity index (χ1) is 13.9. The van der Waals surface area contributed by atoms with Crippen molar-refractivity contribution in [3.8, 4) is 0 Å². The third-order valence-corrected chi connectivity index (χ3v) is 7.30. The van der Waals surface area contributed by atoms with E-state index in [1.54, 1.807) is 0 Å². The summed E-state index contributed by atoms with van der Waals surface area (Å²) < 4.78 is 47.8. The van der Waals surface area contributed by atoms with Gasteiger partial charge in [0.25, 0.3) is 0 Å². The summed E-state index contributed by atoms with van der Waals surface area (Å²) in [6.45, 7) is 2.83.